The Morgan fingerprint density at radius 2 is 1.65 bits per heavy atom. The highest BCUT2D eigenvalue weighted by Gasteiger charge is 2.19. The van der Waals surface area contributed by atoms with Crippen LogP contribution < -0.4 is 15.5 Å². The van der Waals surface area contributed by atoms with Gasteiger partial charge in [0.1, 0.15) is 0 Å². The van der Waals surface area contributed by atoms with Crippen LogP contribution in [0, 0.1) is 0 Å². The zero-order chi connectivity index (χ0) is 18.1. The van der Waals surface area contributed by atoms with Crippen LogP contribution in [0.2, 0.25) is 0 Å². The summed E-state index contributed by atoms with van der Waals surface area (Å²) in [6.45, 7) is 3.73. The first kappa shape index (κ1) is 16.8. The molecule has 0 aliphatic carbocycles. The zero-order valence-electron chi connectivity index (χ0n) is 14.2. The van der Waals surface area contributed by atoms with Crippen LogP contribution in [0.4, 0.5) is 11.4 Å². The van der Waals surface area contributed by atoms with E-state index in [1.165, 1.54) is 11.1 Å². The number of pyridine rings is 1. The topological polar surface area (TPSA) is 62.5 Å². The summed E-state index contributed by atoms with van der Waals surface area (Å²) in [7, 11) is 0. The first-order valence-corrected chi connectivity index (χ1v) is 9.35. The molecule has 1 aromatic heterocycles. The molecule has 1 saturated heterocycles. The van der Waals surface area contributed by atoms with Crippen LogP contribution in [0.1, 0.15) is 10.4 Å². The third-order valence-electron chi connectivity index (χ3n) is 4.82. The van der Waals surface area contributed by atoms with E-state index in [-0.39, 0.29) is 0 Å². The number of rotatable bonds is 3. The van der Waals surface area contributed by atoms with Crippen LogP contribution >= 0.6 is 15.9 Å². The van der Waals surface area contributed by atoms with E-state index in [9.17, 15) is 4.79 Å². The molecule has 0 saturated carbocycles. The molecule has 0 spiro atoms. The van der Waals surface area contributed by atoms with Gasteiger partial charge in [0.2, 0.25) is 5.91 Å². The number of aromatic nitrogens is 1. The number of nitrogens with two attached hydrogens (primary N) is 1. The number of nitrogens with zero attached hydrogens (tertiary/aromatic N) is 3. The van der Waals surface area contributed by atoms with Crippen molar-refractivity contribution in [3.05, 3.63) is 64.8 Å². The second-order valence-corrected chi connectivity index (χ2v) is 7.29. The summed E-state index contributed by atoms with van der Waals surface area (Å²) in [6.07, 6.45) is 1.87. The number of carbonyl (C=O) groups is 1. The Morgan fingerprint density at radius 3 is 2.35 bits per heavy atom. The number of carbonyl (C=O) groups excluding carboxylic acids is 1. The smallest absolute Gasteiger partial charge is 0.248 e. The lowest BCUT2D eigenvalue weighted by Gasteiger charge is -2.37. The summed E-state index contributed by atoms with van der Waals surface area (Å²) in [5.41, 5.74) is 9.21. The minimum Gasteiger partial charge on any atom is -0.368 e. The minimum atomic E-state index is -0.391. The largest absolute Gasteiger partial charge is 0.368 e. The lowest BCUT2D eigenvalue weighted by molar-refractivity contribution is 0.100. The first-order valence-electron chi connectivity index (χ1n) is 8.56. The van der Waals surface area contributed by atoms with Gasteiger partial charge in [0.05, 0.1) is 5.52 Å². The summed E-state index contributed by atoms with van der Waals surface area (Å²) < 4.78 is 1.04. The summed E-state index contributed by atoms with van der Waals surface area (Å²) in [5, 5.41) is 1.18. The molecule has 1 aliphatic rings. The summed E-state index contributed by atoms with van der Waals surface area (Å²) >= 11 is 3.51. The Kier molecular flexibility index (Phi) is 4.51. The highest BCUT2D eigenvalue weighted by atomic mass is 79.9. The van der Waals surface area contributed by atoms with E-state index in [1.807, 2.05) is 18.3 Å². The number of benzene rings is 2. The molecular formula is C20H19BrN4O. The number of anilines is 2. The van der Waals surface area contributed by atoms with Crippen LogP contribution in [0.25, 0.3) is 10.9 Å². The third kappa shape index (κ3) is 3.24. The van der Waals surface area contributed by atoms with Gasteiger partial charge in [0, 0.05) is 59.2 Å². The molecule has 4 rings (SSSR count). The van der Waals surface area contributed by atoms with Crippen molar-refractivity contribution in [3.8, 4) is 0 Å². The highest BCUT2D eigenvalue weighted by Crippen LogP contribution is 2.29. The van der Waals surface area contributed by atoms with Crippen molar-refractivity contribution in [1.29, 1.82) is 0 Å². The number of halogens is 1. The van der Waals surface area contributed by atoms with Gasteiger partial charge in [-0.1, -0.05) is 15.9 Å². The van der Waals surface area contributed by atoms with Crippen molar-refractivity contribution in [2.24, 2.45) is 5.73 Å². The second kappa shape index (κ2) is 6.96. The van der Waals surface area contributed by atoms with E-state index in [0.29, 0.717) is 5.56 Å². The summed E-state index contributed by atoms with van der Waals surface area (Å²) in [4.78, 5) is 20.4. The van der Waals surface area contributed by atoms with Crippen molar-refractivity contribution in [1.82, 2.24) is 4.98 Å². The molecule has 1 amide bonds. The predicted octanol–water partition coefficient (Wildman–Crippen LogP) is 3.42. The van der Waals surface area contributed by atoms with Gasteiger partial charge < -0.3 is 15.5 Å². The Hall–Kier alpha value is -2.60. The molecule has 3 aromatic rings. The van der Waals surface area contributed by atoms with Crippen LogP contribution in [-0.2, 0) is 0 Å². The second-order valence-electron chi connectivity index (χ2n) is 6.38. The van der Waals surface area contributed by atoms with Gasteiger partial charge in [-0.15, -0.1) is 0 Å². The van der Waals surface area contributed by atoms with Gasteiger partial charge in [-0.2, -0.15) is 0 Å². The maximum Gasteiger partial charge on any atom is 0.248 e. The van der Waals surface area contributed by atoms with E-state index < -0.39 is 5.91 Å². The van der Waals surface area contributed by atoms with Crippen molar-refractivity contribution >= 4 is 44.1 Å². The molecule has 5 nitrogen and oxygen atoms in total. The molecule has 0 atom stereocenters. The van der Waals surface area contributed by atoms with E-state index in [4.69, 9.17) is 5.73 Å². The maximum absolute atomic E-state index is 11.2. The number of hydrogen-bond acceptors (Lipinski definition) is 4. The summed E-state index contributed by atoms with van der Waals surface area (Å²) in [5.74, 6) is -0.391. The molecule has 132 valence electrons. The molecule has 1 fully saturated rings. The Labute approximate surface area is 160 Å². The van der Waals surface area contributed by atoms with Gasteiger partial charge in [-0.25, -0.2) is 0 Å². The van der Waals surface area contributed by atoms with Gasteiger partial charge in [0.25, 0.3) is 0 Å². The van der Waals surface area contributed by atoms with Crippen LogP contribution in [0.5, 0.6) is 0 Å². The van der Waals surface area contributed by atoms with Gasteiger partial charge in [-0.3, -0.25) is 9.78 Å². The van der Waals surface area contributed by atoms with Crippen LogP contribution in [-0.4, -0.2) is 37.1 Å². The Balaban J connectivity index is 1.51. The normalized spacial score (nSPS) is 14.7. The van der Waals surface area contributed by atoms with Crippen molar-refractivity contribution in [2.75, 3.05) is 36.0 Å². The molecule has 6 heteroatoms. The molecule has 1 aliphatic heterocycles. The van der Waals surface area contributed by atoms with Gasteiger partial charge >= 0.3 is 0 Å². The van der Waals surface area contributed by atoms with E-state index in [0.717, 1.165) is 41.9 Å². The van der Waals surface area contributed by atoms with Crippen molar-refractivity contribution in [2.45, 2.75) is 0 Å². The van der Waals surface area contributed by atoms with E-state index in [1.54, 1.807) is 12.1 Å². The maximum atomic E-state index is 11.2. The molecule has 0 unspecified atom stereocenters. The SMILES string of the molecule is NC(=O)c1ccc(N2CCN(c3ccnc4cc(Br)ccc34)CC2)cc1. The molecule has 2 heterocycles. The molecule has 26 heavy (non-hydrogen) atoms. The summed E-state index contributed by atoms with van der Waals surface area (Å²) in [6, 6.07) is 15.8. The number of primary amides is 1. The van der Waals surface area contributed by atoms with Crippen molar-refractivity contribution in [3.63, 3.8) is 0 Å². The molecule has 2 aromatic carbocycles. The van der Waals surface area contributed by atoms with E-state index >= 15 is 0 Å². The lowest BCUT2D eigenvalue weighted by atomic mass is 10.1. The standard InChI is InChI=1S/C20H19BrN4O/c21-15-3-6-17-18(13-15)23-8-7-19(17)25-11-9-24(10-12-25)16-4-1-14(2-5-16)20(22)26/h1-8,13H,9-12H2,(H2,22,26). The number of fused-ring (bicyclic) bond motifs is 1. The highest BCUT2D eigenvalue weighted by molar-refractivity contribution is 9.10. The first-order chi connectivity index (χ1) is 12.6. The Bertz CT molecular complexity index is 950. The van der Waals surface area contributed by atoms with Crippen molar-refractivity contribution < 1.29 is 4.79 Å². The van der Waals surface area contributed by atoms with Gasteiger partial charge in [-0.05, 0) is 48.5 Å². The molecular weight excluding hydrogens is 392 g/mol. The average Bonchev–Trinajstić information content (AvgIpc) is 2.67. The fraction of sp³-hybridized carbons (Fsp3) is 0.200. The predicted molar refractivity (Wildman–Crippen MR) is 109 cm³/mol. The van der Waals surface area contributed by atoms with Crippen LogP contribution in [0.15, 0.2) is 59.2 Å². The molecule has 0 radical (unpaired) electrons. The third-order valence-corrected chi connectivity index (χ3v) is 5.31. The number of amides is 1. The Morgan fingerprint density at radius 1 is 0.962 bits per heavy atom. The number of hydrogen-bond donors (Lipinski definition) is 1. The molecule has 0 bridgehead atoms. The van der Waals surface area contributed by atoms with Gasteiger partial charge in [0.15, 0.2) is 0 Å². The zero-order valence-corrected chi connectivity index (χ0v) is 15.8. The van der Waals surface area contributed by atoms with Crippen LogP contribution in [0.3, 0.4) is 0 Å². The fourth-order valence-electron chi connectivity index (χ4n) is 3.42. The lowest BCUT2D eigenvalue weighted by Crippen LogP contribution is -2.46. The minimum absolute atomic E-state index is 0.391. The van der Waals surface area contributed by atoms with E-state index in [2.05, 4.69) is 55.0 Å². The molecule has 2 N–H and O–H groups in total. The number of piperazine rings is 1. The monoisotopic (exact) mass is 410 g/mol. The average molecular weight is 411 g/mol. The fourth-order valence-corrected chi connectivity index (χ4v) is 3.77. The quantitative estimate of drug-likeness (QED) is 0.718.